The molecule has 0 aromatic heterocycles. The van der Waals surface area contributed by atoms with Crippen molar-refractivity contribution in [3.63, 3.8) is 0 Å². The minimum absolute atomic E-state index is 0.815. The molecule has 0 spiro atoms. The molecular formula is C6H12N2. The monoisotopic (exact) mass is 112 g/mol. The van der Waals surface area contributed by atoms with Crippen LogP contribution < -0.4 is 0 Å². The van der Waals surface area contributed by atoms with Gasteiger partial charge in [-0.2, -0.15) is 0 Å². The van der Waals surface area contributed by atoms with Crippen molar-refractivity contribution >= 4 is 0 Å². The van der Waals surface area contributed by atoms with E-state index in [4.69, 9.17) is 0 Å². The van der Waals surface area contributed by atoms with Crippen LogP contribution in [0.3, 0.4) is 0 Å². The predicted molar refractivity (Wildman–Crippen MR) is 32.6 cm³/mol. The maximum Gasteiger partial charge on any atom is 0.0782 e. The van der Waals surface area contributed by atoms with E-state index in [9.17, 15) is 0 Å². The second kappa shape index (κ2) is 1.25. The van der Waals surface area contributed by atoms with Gasteiger partial charge in [0.25, 0.3) is 0 Å². The highest BCUT2D eigenvalue weighted by Gasteiger charge is 2.50. The van der Waals surface area contributed by atoms with Crippen LogP contribution in [0.5, 0.6) is 0 Å². The maximum absolute atomic E-state index is 2.51. The van der Waals surface area contributed by atoms with Crippen molar-refractivity contribution in [2.24, 2.45) is 0 Å². The first kappa shape index (κ1) is 4.77. The quantitative estimate of drug-likeness (QED) is 0.406. The molecule has 2 heterocycles. The van der Waals surface area contributed by atoms with Crippen LogP contribution in [0.25, 0.3) is 0 Å². The molecule has 0 radical (unpaired) electrons. The Morgan fingerprint density at radius 1 is 1.38 bits per heavy atom. The molecule has 2 fully saturated rings. The van der Waals surface area contributed by atoms with Gasteiger partial charge in [-0.05, 0) is 14.0 Å². The summed E-state index contributed by atoms with van der Waals surface area (Å²) in [7, 11) is 2.20. The smallest absolute Gasteiger partial charge is 0.0782 e. The van der Waals surface area contributed by atoms with E-state index in [0.29, 0.717) is 0 Å². The van der Waals surface area contributed by atoms with Crippen LogP contribution in [-0.4, -0.2) is 42.1 Å². The number of rotatable bonds is 0. The average molecular weight is 112 g/mol. The van der Waals surface area contributed by atoms with E-state index in [1.54, 1.807) is 0 Å². The molecule has 2 heteroatoms. The Bertz CT molecular complexity index is 111. The molecule has 0 aliphatic carbocycles. The van der Waals surface area contributed by atoms with Crippen molar-refractivity contribution in [2.45, 2.75) is 19.1 Å². The second-order valence-corrected chi connectivity index (χ2v) is 2.87. The third-order valence-electron chi connectivity index (χ3n) is 2.37. The molecule has 2 saturated heterocycles. The molecule has 0 aromatic carbocycles. The summed E-state index contributed by atoms with van der Waals surface area (Å²) in [5.41, 5.74) is 0. The SMILES string of the molecule is CC1C2N(C)CCN12. The van der Waals surface area contributed by atoms with Gasteiger partial charge in [-0.15, -0.1) is 0 Å². The molecule has 3 unspecified atom stereocenters. The average Bonchev–Trinajstić information content (AvgIpc) is 2.13. The molecule has 0 saturated carbocycles. The lowest BCUT2D eigenvalue weighted by atomic mass is 10.4. The number of hydrogen-bond donors (Lipinski definition) is 0. The van der Waals surface area contributed by atoms with Gasteiger partial charge < -0.3 is 0 Å². The van der Waals surface area contributed by atoms with Crippen LogP contribution in [0.4, 0.5) is 0 Å². The molecule has 8 heavy (non-hydrogen) atoms. The van der Waals surface area contributed by atoms with E-state index in [2.05, 4.69) is 23.8 Å². The van der Waals surface area contributed by atoms with Gasteiger partial charge in [0.1, 0.15) is 0 Å². The minimum Gasteiger partial charge on any atom is -0.288 e. The van der Waals surface area contributed by atoms with Crippen molar-refractivity contribution in [1.29, 1.82) is 0 Å². The van der Waals surface area contributed by atoms with Crippen LogP contribution in [0.15, 0.2) is 0 Å². The van der Waals surface area contributed by atoms with Gasteiger partial charge >= 0.3 is 0 Å². The molecule has 0 amide bonds. The van der Waals surface area contributed by atoms with E-state index in [0.717, 1.165) is 12.2 Å². The zero-order valence-corrected chi connectivity index (χ0v) is 5.46. The van der Waals surface area contributed by atoms with E-state index in [1.807, 2.05) is 0 Å². The van der Waals surface area contributed by atoms with Crippen LogP contribution >= 0.6 is 0 Å². The van der Waals surface area contributed by atoms with Crippen molar-refractivity contribution in [1.82, 2.24) is 9.80 Å². The van der Waals surface area contributed by atoms with Gasteiger partial charge in [0, 0.05) is 19.1 Å². The lowest BCUT2D eigenvalue weighted by molar-refractivity contribution is 0.364. The zero-order chi connectivity index (χ0) is 5.72. The minimum atomic E-state index is 0.815. The van der Waals surface area contributed by atoms with E-state index in [-0.39, 0.29) is 0 Å². The number of hydrogen-bond acceptors (Lipinski definition) is 2. The fourth-order valence-electron chi connectivity index (χ4n) is 1.75. The number of piperazine rings is 1. The summed E-state index contributed by atoms with van der Waals surface area (Å²) in [5.74, 6) is 0. The summed E-state index contributed by atoms with van der Waals surface area (Å²) < 4.78 is 0. The number of nitrogens with zero attached hydrogens (tertiary/aromatic N) is 2. The fourth-order valence-corrected chi connectivity index (χ4v) is 1.75. The molecule has 0 N–H and O–H groups in total. The first-order chi connectivity index (χ1) is 3.80. The molecule has 2 rings (SSSR count). The van der Waals surface area contributed by atoms with Crippen molar-refractivity contribution in [3.05, 3.63) is 0 Å². The standard InChI is InChI=1S/C6H12N2/c1-5-6-7(2)3-4-8(5)6/h5-6H,3-4H2,1-2H3. The van der Waals surface area contributed by atoms with Gasteiger partial charge in [-0.25, -0.2) is 0 Å². The number of likely N-dealkylation sites (N-methyl/N-ethyl adjacent to an activating group) is 1. The zero-order valence-electron chi connectivity index (χ0n) is 5.46. The summed E-state index contributed by atoms with van der Waals surface area (Å²) in [6.07, 6.45) is 0.815. The van der Waals surface area contributed by atoms with Gasteiger partial charge in [0.15, 0.2) is 0 Å². The second-order valence-electron chi connectivity index (χ2n) is 2.87. The van der Waals surface area contributed by atoms with E-state index < -0.39 is 0 Å². The number of fused-ring (bicyclic) bond motifs is 1. The molecule has 2 aliphatic heterocycles. The van der Waals surface area contributed by atoms with E-state index >= 15 is 0 Å². The first-order valence-corrected chi connectivity index (χ1v) is 3.26. The first-order valence-electron chi connectivity index (χ1n) is 3.26. The van der Waals surface area contributed by atoms with E-state index in [1.165, 1.54) is 13.1 Å². The summed E-state index contributed by atoms with van der Waals surface area (Å²) in [5, 5.41) is 0. The topological polar surface area (TPSA) is 6.25 Å². The van der Waals surface area contributed by atoms with Gasteiger partial charge in [-0.1, -0.05) is 0 Å². The highest BCUT2D eigenvalue weighted by molar-refractivity contribution is 5.02. The Morgan fingerprint density at radius 3 is 2.38 bits per heavy atom. The third-order valence-corrected chi connectivity index (χ3v) is 2.37. The summed E-state index contributed by atoms with van der Waals surface area (Å²) in [6.45, 7) is 4.86. The Morgan fingerprint density at radius 2 is 2.12 bits per heavy atom. The normalized spacial score (nSPS) is 54.0. The highest BCUT2D eigenvalue weighted by Crippen LogP contribution is 2.33. The summed E-state index contributed by atoms with van der Waals surface area (Å²) >= 11 is 0. The molecule has 0 aromatic rings. The van der Waals surface area contributed by atoms with Gasteiger partial charge in [0.2, 0.25) is 0 Å². The van der Waals surface area contributed by atoms with Crippen molar-refractivity contribution in [2.75, 3.05) is 20.1 Å². The van der Waals surface area contributed by atoms with Crippen LogP contribution in [0, 0.1) is 0 Å². The summed E-state index contributed by atoms with van der Waals surface area (Å²) in [4.78, 5) is 4.94. The van der Waals surface area contributed by atoms with Gasteiger partial charge in [-0.3, -0.25) is 9.80 Å². The van der Waals surface area contributed by atoms with Crippen LogP contribution in [0.2, 0.25) is 0 Å². The van der Waals surface area contributed by atoms with Crippen LogP contribution in [-0.2, 0) is 0 Å². The molecule has 46 valence electrons. The highest BCUT2D eigenvalue weighted by atomic mass is 15.5. The van der Waals surface area contributed by atoms with Crippen molar-refractivity contribution in [3.8, 4) is 0 Å². The molecule has 2 nitrogen and oxygen atoms in total. The predicted octanol–water partition coefficient (Wildman–Crippen LogP) is -0.0380. The Kier molecular flexibility index (Phi) is 0.746. The molecular weight excluding hydrogens is 100 g/mol. The maximum atomic E-state index is 2.51. The third kappa shape index (κ3) is 0.400. The lowest BCUT2D eigenvalue weighted by Crippen LogP contribution is -2.21. The summed E-state index contributed by atoms with van der Waals surface area (Å²) in [6, 6.07) is 0.855. The fraction of sp³-hybridized carbons (Fsp3) is 1.00. The Balaban J connectivity index is 2.07. The lowest BCUT2D eigenvalue weighted by Gasteiger charge is -2.06. The molecule has 0 bridgehead atoms. The van der Waals surface area contributed by atoms with Crippen LogP contribution in [0.1, 0.15) is 6.92 Å². The molecule has 3 atom stereocenters. The van der Waals surface area contributed by atoms with Crippen molar-refractivity contribution < 1.29 is 0 Å². The molecule has 2 aliphatic rings. The Labute approximate surface area is 50.1 Å². The largest absolute Gasteiger partial charge is 0.288 e. The Hall–Kier alpha value is -0.0800. The van der Waals surface area contributed by atoms with Gasteiger partial charge in [0.05, 0.1) is 6.17 Å².